The molecule has 2 heterocycles. The summed E-state index contributed by atoms with van der Waals surface area (Å²) < 4.78 is 0. The summed E-state index contributed by atoms with van der Waals surface area (Å²) in [7, 11) is 1.65. The zero-order valence-electron chi connectivity index (χ0n) is 13.0. The average Bonchev–Trinajstić information content (AvgIpc) is 3.19. The Morgan fingerprint density at radius 2 is 1.46 bits per heavy atom. The van der Waals surface area contributed by atoms with Crippen LogP contribution < -0.4 is 16.0 Å². The number of nitrogens with zero attached hydrogens (tertiary/aromatic N) is 2. The zero-order chi connectivity index (χ0) is 16.3. The third-order valence-corrected chi connectivity index (χ3v) is 4.58. The van der Waals surface area contributed by atoms with E-state index in [-0.39, 0.29) is 5.91 Å². The molecular weight excluding hydrogens is 298 g/mol. The van der Waals surface area contributed by atoms with Gasteiger partial charge in [-0.15, -0.1) is 0 Å². The van der Waals surface area contributed by atoms with Gasteiger partial charge < -0.3 is 5.32 Å². The molecule has 0 aliphatic carbocycles. The predicted octanol–water partition coefficient (Wildman–Crippen LogP) is 2.91. The van der Waals surface area contributed by atoms with Gasteiger partial charge in [0.1, 0.15) is 0 Å². The van der Waals surface area contributed by atoms with Crippen molar-refractivity contribution >= 4 is 17.3 Å². The maximum atomic E-state index is 12.5. The molecule has 0 fully saturated rings. The molecule has 24 heavy (non-hydrogen) atoms. The van der Waals surface area contributed by atoms with Crippen LogP contribution in [0.5, 0.6) is 0 Å². The summed E-state index contributed by atoms with van der Waals surface area (Å²) in [6.07, 6.45) is 0. The molecule has 2 aliphatic heterocycles. The van der Waals surface area contributed by atoms with Crippen molar-refractivity contribution in [2.45, 2.75) is 0 Å². The molecule has 114 valence electrons. The SMILES string of the molecule is CNC(=O)c1cc2c(c3c1-c1ccccc1N=3)=Nc1ccccc1-2. The lowest BCUT2D eigenvalue weighted by atomic mass is 9.94. The molecule has 0 unspecified atom stereocenters. The van der Waals surface area contributed by atoms with Crippen LogP contribution >= 0.6 is 0 Å². The fraction of sp³-hybridized carbons (Fsp3) is 0.0500. The maximum absolute atomic E-state index is 12.5. The van der Waals surface area contributed by atoms with Crippen LogP contribution in [0.1, 0.15) is 10.4 Å². The van der Waals surface area contributed by atoms with Crippen molar-refractivity contribution in [3.8, 4) is 22.3 Å². The quantitative estimate of drug-likeness (QED) is 0.508. The second-order valence-electron chi connectivity index (χ2n) is 5.88. The van der Waals surface area contributed by atoms with E-state index in [1.807, 2.05) is 54.6 Å². The molecule has 0 saturated carbocycles. The van der Waals surface area contributed by atoms with Crippen LogP contribution in [-0.4, -0.2) is 13.0 Å². The first kappa shape index (κ1) is 13.2. The third-order valence-electron chi connectivity index (χ3n) is 4.58. The van der Waals surface area contributed by atoms with Gasteiger partial charge in [-0.1, -0.05) is 36.4 Å². The Morgan fingerprint density at radius 1 is 0.833 bits per heavy atom. The minimum absolute atomic E-state index is 0.106. The van der Waals surface area contributed by atoms with E-state index < -0.39 is 0 Å². The Morgan fingerprint density at radius 3 is 2.21 bits per heavy atom. The van der Waals surface area contributed by atoms with Gasteiger partial charge in [-0.25, -0.2) is 9.98 Å². The summed E-state index contributed by atoms with van der Waals surface area (Å²) >= 11 is 0. The van der Waals surface area contributed by atoms with Crippen LogP contribution in [0.15, 0.2) is 64.6 Å². The van der Waals surface area contributed by atoms with Gasteiger partial charge in [0, 0.05) is 29.3 Å². The summed E-state index contributed by atoms with van der Waals surface area (Å²) in [6, 6.07) is 17.8. The molecule has 3 aromatic rings. The molecule has 4 nitrogen and oxygen atoms in total. The van der Waals surface area contributed by atoms with Crippen molar-refractivity contribution < 1.29 is 4.79 Å². The molecule has 0 bridgehead atoms. The summed E-state index contributed by atoms with van der Waals surface area (Å²) in [6.45, 7) is 0. The minimum Gasteiger partial charge on any atom is -0.355 e. The van der Waals surface area contributed by atoms with Crippen molar-refractivity contribution in [2.24, 2.45) is 9.98 Å². The van der Waals surface area contributed by atoms with Crippen LogP contribution in [0, 0.1) is 0 Å². The first-order chi connectivity index (χ1) is 11.8. The van der Waals surface area contributed by atoms with E-state index in [0.29, 0.717) is 5.56 Å². The summed E-state index contributed by atoms with van der Waals surface area (Å²) in [5, 5.41) is 4.40. The van der Waals surface area contributed by atoms with Crippen molar-refractivity contribution in [2.75, 3.05) is 7.05 Å². The molecule has 0 saturated heterocycles. The zero-order valence-corrected chi connectivity index (χ0v) is 13.0. The second-order valence-corrected chi connectivity index (χ2v) is 5.88. The Balaban J connectivity index is 1.96. The highest BCUT2D eigenvalue weighted by atomic mass is 16.1. The summed E-state index contributed by atoms with van der Waals surface area (Å²) in [5.74, 6) is -0.106. The molecule has 3 aromatic carbocycles. The first-order valence-electron chi connectivity index (χ1n) is 7.83. The lowest BCUT2D eigenvalue weighted by Gasteiger charge is -2.08. The first-order valence-corrected chi connectivity index (χ1v) is 7.83. The molecule has 1 N–H and O–H groups in total. The molecule has 0 spiro atoms. The van der Waals surface area contributed by atoms with Crippen molar-refractivity contribution in [1.82, 2.24) is 5.32 Å². The van der Waals surface area contributed by atoms with Crippen LogP contribution in [-0.2, 0) is 0 Å². The van der Waals surface area contributed by atoms with Gasteiger partial charge in [0.2, 0.25) is 0 Å². The molecule has 2 aliphatic rings. The Bertz CT molecular complexity index is 1160. The van der Waals surface area contributed by atoms with E-state index >= 15 is 0 Å². The molecule has 0 radical (unpaired) electrons. The van der Waals surface area contributed by atoms with Gasteiger partial charge in [-0.05, 0) is 18.2 Å². The van der Waals surface area contributed by atoms with E-state index in [4.69, 9.17) is 9.98 Å². The standard InChI is InChI=1S/C20H13N3O/c1-21-20(24)14-10-13-11-6-2-4-8-15(11)22-18(13)19-17(14)12-7-3-5-9-16(12)23-19/h2-10H,1H3,(H,21,24). The molecule has 1 amide bonds. The smallest absolute Gasteiger partial charge is 0.251 e. The molecular formula is C20H13N3O. The van der Waals surface area contributed by atoms with Gasteiger partial charge in [-0.3, -0.25) is 4.79 Å². The lowest BCUT2D eigenvalue weighted by molar-refractivity contribution is 0.0963. The molecule has 0 aromatic heterocycles. The topological polar surface area (TPSA) is 53.8 Å². The Hall–Kier alpha value is -3.27. The Kier molecular flexibility index (Phi) is 2.54. The normalized spacial score (nSPS) is 12.4. The van der Waals surface area contributed by atoms with Crippen molar-refractivity contribution in [3.05, 3.63) is 70.9 Å². The van der Waals surface area contributed by atoms with Crippen molar-refractivity contribution in [3.63, 3.8) is 0 Å². The summed E-state index contributed by atoms with van der Waals surface area (Å²) in [5.41, 5.74) is 6.34. The van der Waals surface area contributed by atoms with Gasteiger partial charge in [-0.2, -0.15) is 0 Å². The Labute approximate surface area is 138 Å². The number of amides is 1. The molecule has 4 heteroatoms. The number of para-hydroxylation sites is 2. The number of rotatable bonds is 1. The van der Waals surface area contributed by atoms with Crippen LogP contribution in [0.4, 0.5) is 11.4 Å². The number of benzene rings is 3. The fourth-order valence-electron chi connectivity index (χ4n) is 3.49. The summed E-state index contributed by atoms with van der Waals surface area (Å²) in [4.78, 5) is 22.1. The van der Waals surface area contributed by atoms with E-state index in [2.05, 4.69) is 5.32 Å². The lowest BCUT2D eigenvalue weighted by Crippen LogP contribution is -2.30. The highest BCUT2D eigenvalue weighted by Gasteiger charge is 2.26. The van der Waals surface area contributed by atoms with E-state index in [1.54, 1.807) is 7.05 Å². The van der Waals surface area contributed by atoms with E-state index in [9.17, 15) is 4.79 Å². The van der Waals surface area contributed by atoms with Crippen molar-refractivity contribution in [1.29, 1.82) is 0 Å². The van der Waals surface area contributed by atoms with Crippen LogP contribution in [0.25, 0.3) is 22.3 Å². The number of carbonyl (C=O) groups is 1. The van der Waals surface area contributed by atoms with Gasteiger partial charge in [0.15, 0.2) is 0 Å². The number of carbonyl (C=O) groups excluding carboxylic acids is 1. The van der Waals surface area contributed by atoms with E-state index in [0.717, 1.165) is 44.3 Å². The number of fused-ring (bicyclic) bond motifs is 7. The highest BCUT2D eigenvalue weighted by molar-refractivity contribution is 6.04. The van der Waals surface area contributed by atoms with Gasteiger partial charge in [0.05, 0.1) is 27.7 Å². The third kappa shape index (κ3) is 1.60. The van der Waals surface area contributed by atoms with Crippen LogP contribution in [0.2, 0.25) is 0 Å². The fourth-order valence-corrected chi connectivity index (χ4v) is 3.49. The van der Waals surface area contributed by atoms with Gasteiger partial charge >= 0.3 is 0 Å². The van der Waals surface area contributed by atoms with Gasteiger partial charge in [0.25, 0.3) is 5.91 Å². The monoisotopic (exact) mass is 311 g/mol. The largest absolute Gasteiger partial charge is 0.355 e. The highest BCUT2D eigenvalue weighted by Crippen LogP contribution is 2.38. The molecule has 5 rings (SSSR count). The number of nitrogens with one attached hydrogen (secondary N) is 1. The van der Waals surface area contributed by atoms with E-state index in [1.165, 1.54) is 0 Å². The molecule has 0 atom stereocenters. The van der Waals surface area contributed by atoms with Crippen LogP contribution in [0.3, 0.4) is 0 Å². The minimum atomic E-state index is -0.106. The second kappa shape index (κ2) is 4.61. The maximum Gasteiger partial charge on any atom is 0.251 e. The number of hydrogen-bond donors (Lipinski definition) is 1. The average molecular weight is 311 g/mol. The predicted molar refractivity (Wildman–Crippen MR) is 92.3 cm³/mol. The number of hydrogen-bond acceptors (Lipinski definition) is 3.